The largest absolute Gasteiger partial charge is 0.478 e. The van der Waals surface area contributed by atoms with Gasteiger partial charge in [-0.3, -0.25) is 0 Å². The average molecular weight is 140 g/mol. The van der Waals surface area contributed by atoms with Crippen molar-refractivity contribution in [3.05, 3.63) is 11.6 Å². The lowest BCUT2D eigenvalue weighted by molar-refractivity contribution is -0.133. The number of rotatable bonds is 1. The van der Waals surface area contributed by atoms with E-state index in [2.05, 4.69) is 0 Å². The lowest BCUT2D eigenvalue weighted by Gasteiger charge is -2.02. The Balaban J connectivity index is 2.75. The maximum absolute atomic E-state index is 10.5. The maximum Gasteiger partial charge on any atom is 0.331 e. The van der Waals surface area contributed by atoms with Gasteiger partial charge in [-0.25, -0.2) is 4.79 Å². The first-order chi connectivity index (χ1) is 4.61. The first-order valence-corrected chi connectivity index (χ1v) is 3.56. The average Bonchev–Trinajstić information content (AvgIpc) is 2.10. The Bertz CT molecular complexity index is 182. The molecule has 56 valence electrons. The van der Waals surface area contributed by atoms with Crippen molar-refractivity contribution >= 4 is 5.97 Å². The first kappa shape index (κ1) is 7.32. The zero-order valence-electron chi connectivity index (χ0n) is 6.29. The Morgan fingerprint density at radius 1 is 1.70 bits per heavy atom. The number of carboxylic acid groups (broad SMARTS) is 1. The summed E-state index contributed by atoms with van der Waals surface area (Å²) in [6.07, 6.45) is 2.84. The third-order valence-corrected chi connectivity index (χ3v) is 1.97. The predicted octanol–water partition coefficient (Wildman–Crippen LogP) is 1.67. The summed E-state index contributed by atoms with van der Waals surface area (Å²) >= 11 is 0. The summed E-state index contributed by atoms with van der Waals surface area (Å²) in [4.78, 5) is 10.5. The third kappa shape index (κ3) is 1.20. The molecule has 1 rings (SSSR count). The summed E-state index contributed by atoms with van der Waals surface area (Å²) in [7, 11) is 0. The van der Waals surface area contributed by atoms with E-state index in [0.29, 0.717) is 11.5 Å². The van der Waals surface area contributed by atoms with Crippen molar-refractivity contribution in [1.82, 2.24) is 0 Å². The normalized spacial score (nSPS) is 32.0. The first-order valence-electron chi connectivity index (χ1n) is 3.56. The van der Waals surface area contributed by atoms with Crippen LogP contribution in [0.2, 0.25) is 0 Å². The van der Waals surface area contributed by atoms with Crippen LogP contribution in [0.15, 0.2) is 11.6 Å². The second kappa shape index (κ2) is 2.45. The van der Waals surface area contributed by atoms with Gasteiger partial charge in [-0.1, -0.05) is 19.9 Å². The zero-order valence-corrected chi connectivity index (χ0v) is 6.29. The molecule has 0 saturated carbocycles. The van der Waals surface area contributed by atoms with Crippen molar-refractivity contribution in [3.63, 3.8) is 0 Å². The van der Waals surface area contributed by atoms with Gasteiger partial charge in [0.2, 0.25) is 0 Å². The minimum Gasteiger partial charge on any atom is -0.478 e. The number of allylic oxidation sites excluding steroid dienone is 1. The van der Waals surface area contributed by atoms with Gasteiger partial charge in [0.1, 0.15) is 0 Å². The number of carbonyl (C=O) groups is 1. The highest BCUT2D eigenvalue weighted by Crippen LogP contribution is 2.29. The number of hydrogen-bond donors (Lipinski definition) is 1. The Kier molecular flexibility index (Phi) is 1.79. The van der Waals surface area contributed by atoms with E-state index >= 15 is 0 Å². The van der Waals surface area contributed by atoms with Gasteiger partial charge in [0.15, 0.2) is 0 Å². The molecule has 2 heteroatoms. The van der Waals surface area contributed by atoms with E-state index in [-0.39, 0.29) is 5.92 Å². The quantitative estimate of drug-likeness (QED) is 0.601. The zero-order chi connectivity index (χ0) is 7.72. The maximum atomic E-state index is 10.5. The summed E-state index contributed by atoms with van der Waals surface area (Å²) < 4.78 is 0. The molecule has 0 fully saturated rings. The van der Waals surface area contributed by atoms with Crippen molar-refractivity contribution in [2.45, 2.75) is 20.3 Å². The van der Waals surface area contributed by atoms with E-state index < -0.39 is 5.97 Å². The highest BCUT2D eigenvalue weighted by atomic mass is 16.4. The van der Waals surface area contributed by atoms with Crippen LogP contribution in [0.25, 0.3) is 0 Å². The van der Waals surface area contributed by atoms with Gasteiger partial charge < -0.3 is 5.11 Å². The molecule has 1 aliphatic rings. The monoisotopic (exact) mass is 140 g/mol. The van der Waals surface area contributed by atoms with Gasteiger partial charge in [0, 0.05) is 5.57 Å². The van der Waals surface area contributed by atoms with E-state index in [4.69, 9.17) is 5.11 Å². The molecule has 10 heavy (non-hydrogen) atoms. The van der Waals surface area contributed by atoms with Crippen molar-refractivity contribution in [3.8, 4) is 0 Å². The Labute approximate surface area is 60.6 Å². The molecular formula is C8H12O2. The summed E-state index contributed by atoms with van der Waals surface area (Å²) in [5, 5.41) is 8.63. The third-order valence-electron chi connectivity index (χ3n) is 1.97. The molecule has 0 aromatic heterocycles. The van der Waals surface area contributed by atoms with Gasteiger partial charge in [0.05, 0.1) is 0 Å². The fraction of sp³-hybridized carbons (Fsp3) is 0.625. The van der Waals surface area contributed by atoms with Crippen LogP contribution in [0.1, 0.15) is 20.3 Å². The number of hydrogen-bond acceptors (Lipinski definition) is 1. The van der Waals surface area contributed by atoms with Crippen LogP contribution in [0, 0.1) is 11.8 Å². The molecule has 2 unspecified atom stereocenters. The second-order valence-electron chi connectivity index (χ2n) is 3.04. The minimum absolute atomic E-state index is 0.243. The Hall–Kier alpha value is -0.790. The topological polar surface area (TPSA) is 37.3 Å². The fourth-order valence-electron chi connectivity index (χ4n) is 1.51. The van der Waals surface area contributed by atoms with Crippen molar-refractivity contribution in [2.75, 3.05) is 0 Å². The molecule has 0 aromatic rings. The molecule has 0 aromatic carbocycles. The Morgan fingerprint density at radius 2 is 2.30 bits per heavy atom. The minimum atomic E-state index is -0.753. The van der Waals surface area contributed by atoms with E-state index in [1.165, 1.54) is 0 Å². The van der Waals surface area contributed by atoms with Crippen molar-refractivity contribution in [2.24, 2.45) is 11.8 Å². The summed E-state index contributed by atoms with van der Waals surface area (Å²) in [6.45, 7) is 4.01. The molecule has 2 atom stereocenters. The summed E-state index contributed by atoms with van der Waals surface area (Å²) in [5.74, 6) is -0.0644. The second-order valence-corrected chi connectivity index (χ2v) is 3.04. The van der Waals surface area contributed by atoms with Gasteiger partial charge in [-0.2, -0.15) is 0 Å². The lowest BCUT2D eigenvalue weighted by Crippen LogP contribution is -2.04. The molecule has 0 radical (unpaired) electrons. The number of aliphatic carboxylic acids is 1. The lowest BCUT2D eigenvalue weighted by atomic mass is 10.0. The fourth-order valence-corrected chi connectivity index (χ4v) is 1.51. The molecule has 0 heterocycles. The molecule has 0 saturated heterocycles. The predicted molar refractivity (Wildman–Crippen MR) is 38.7 cm³/mol. The molecule has 0 bridgehead atoms. The van der Waals surface area contributed by atoms with Crippen LogP contribution in [-0.4, -0.2) is 11.1 Å². The van der Waals surface area contributed by atoms with Crippen molar-refractivity contribution in [1.29, 1.82) is 0 Å². The molecule has 1 aliphatic carbocycles. The Morgan fingerprint density at radius 3 is 2.50 bits per heavy atom. The highest BCUT2D eigenvalue weighted by Gasteiger charge is 2.24. The molecule has 0 aliphatic heterocycles. The van der Waals surface area contributed by atoms with Gasteiger partial charge >= 0.3 is 5.97 Å². The van der Waals surface area contributed by atoms with Crippen LogP contribution in [0.4, 0.5) is 0 Å². The van der Waals surface area contributed by atoms with Gasteiger partial charge in [-0.15, -0.1) is 0 Å². The van der Waals surface area contributed by atoms with Gasteiger partial charge in [-0.05, 0) is 18.3 Å². The molecule has 0 amide bonds. The summed E-state index contributed by atoms with van der Waals surface area (Å²) in [6, 6.07) is 0. The molecular weight excluding hydrogens is 128 g/mol. The molecule has 2 nitrogen and oxygen atoms in total. The number of carboxylic acids is 1. The van der Waals surface area contributed by atoms with Crippen molar-refractivity contribution < 1.29 is 9.90 Å². The van der Waals surface area contributed by atoms with Gasteiger partial charge in [0.25, 0.3) is 0 Å². The van der Waals surface area contributed by atoms with Crippen LogP contribution in [0.5, 0.6) is 0 Å². The summed E-state index contributed by atoms with van der Waals surface area (Å²) in [5.41, 5.74) is 0.590. The van der Waals surface area contributed by atoms with Crippen LogP contribution in [0.3, 0.4) is 0 Å². The SMILES string of the molecule is CC1C=C(C(=O)O)C(C)C1. The molecule has 1 N–H and O–H groups in total. The molecule has 0 spiro atoms. The van der Waals surface area contributed by atoms with E-state index in [1.807, 2.05) is 19.9 Å². The van der Waals surface area contributed by atoms with E-state index in [0.717, 1.165) is 6.42 Å². The standard InChI is InChI=1S/C8H12O2/c1-5-3-6(2)7(4-5)8(9)10/h4-6H,3H2,1-2H3,(H,9,10). The highest BCUT2D eigenvalue weighted by molar-refractivity contribution is 5.87. The van der Waals surface area contributed by atoms with E-state index in [1.54, 1.807) is 0 Å². The smallest absolute Gasteiger partial charge is 0.331 e. The van der Waals surface area contributed by atoms with Crippen LogP contribution in [-0.2, 0) is 4.79 Å². The van der Waals surface area contributed by atoms with Crippen LogP contribution >= 0.6 is 0 Å². The van der Waals surface area contributed by atoms with Crippen LogP contribution < -0.4 is 0 Å². The van der Waals surface area contributed by atoms with E-state index in [9.17, 15) is 4.79 Å².